The average molecular weight is 201 g/mol. The van der Waals surface area contributed by atoms with Crippen molar-refractivity contribution in [2.45, 2.75) is 37.6 Å². The molecule has 2 aliphatic rings. The van der Waals surface area contributed by atoms with Crippen LogP contribution in [0, 0.1) is 5.92 Å². The summed E-state index contributed by atoms with van der Waals surface area (Å²) < 4.78 is 0. The first-order chi connectivity index (χ1) is 7.43. The van der Waals surface area contributed by atoms with E-state index in [4.69, 9.17) is 0 Å². The minimum atomic E-state index is 0.766. The summed E-state index contributed by atoms with van der Waals surface area (Å²) in [5, 5.41) is 3.70. The lowest BCUT2D eigenvalue weighted by atomic mass is 9.72. The van der Waals surface area contributed by atoms with Crippen molar-refractivity contribution in [1.82, 2.24) is 5.32 Å². The molecule has 3 atom stereocenters. The highest BCUT2D eigenvalue weighted by Gasteiger charge is 2.33. The number of nitrogens with one attached hydrogen (secondary N) is 1. The molecule has 0 amide bonds. The van der Waals surface area contributed by atoms with Gasteiger partial charge in [-0.05, 0) is 36.7 Å². The van der Waals surface area contributed by atoms with Crippen LogP contribution in [0.4, 0.5) is 0 Å². The van der Waals surface area contributed by atoms with Gasteiger partial charge in [0.1, 0.15) is 0 Å². The Balaban J connectivity index is 1.81. The zero-order valence-electron chi connectivity index (χ0n) is 9.15. The van der Waals surface area contributed by atoms with E-state index in [0.717, 1.165) is 17.9 Å². The maximum atomic E-state index is 3.70. The summed E-state index contributed by atoms with van der Waals surface area (Å²) in [6.45, 7) is 1.19. The highest BCUT2D eigenvalue weighted by atomic mass is 14.9. The van der Waals surface area contributed by atoms with Gasteiger partial charge >= 0.3 is 0 Å². The highest BCUT2D eigenvalue weighted by Crippen LogP contribution is 2.38. The quantitative estimate of drug-likeness (QED) is 0.736. The molecular weight excluding hydrogens is 182 g/mol. The fourth-order valence-electron chi connectivity index (χ4n) is 3.33. The molecule has 1 heterocycles. The van der Waals surface area contributed by atoms with Gasteiger partial charge in [0.25, 0.3) is 0 Å². The van der Waals surface area contributed by atoms with Crippen LogP contribution in [0.2, 0.25) is 0 Å². The zero-order chi connectivity index (χ0) is 10.1. The van der Waals surface area contributed by atoms with Gasteiger partial charge in [0.2, 0.25) is 0 Å². The van der Waals surface area contributed by atoms with E-state index < -0.39 is 0 Å². The van der Waals surface area contributed by atoms with Crippen molar-refractivity contribution in [3.8, 4) is 0 Å². The molecule has 1 saturated heterocycles. The topological polar surface area (TPSA) is 12.0 Å². The Hall–Kier alpha value is -0.820. The summed E-state index contributed by atoms with van der Waals surface area (Å²) in [4.78, 5) is 0. The van der Waals surface area contributed by atoms with Crippen molar-refractivity contribution in [3.05, 3.63) is 35.9 Å². The molecule has 80 valence electrons. The first-order valence-corrected chi connectivity index (χ1v) is 6.22. The molecule has 15 heavy (non-hydrogen) atoms. The van der Waals surface area contributed by atoms with Gasteiger partial charge in [0, 0.05) is 12.6 Å². The Morgan fingerprint density at radius 2 is 1.93 bits per heavy atom. The second kappa shape index (κ2) is 3.97. The fraction of sp³-hybridized carbons (Fsp3) is 0.571. The molecule has 0 radical (unpaired) electrons. The minimum absolute atomic E-state index is 0.766. The van der Waals surface area contributed by atoms with Crippen LogP contribution in [0.15, 0.2) is 30.3 Å². The van der Waals surface area contributed by atoms with E-state index in [1.54, 1.807) is 0 Å². The third-order valence-electron chi connectivity index (χ3n) is 4.14. The van der Waals surface area contributed by atoms with E-state index in [9.17, 15) is 0 Å². The third kappa shape index (κ3) is 1.81. The maximum absolute atomic E-state index is 3.70. The van der Waals surface area contributed by atoms with E-state index in [1.807, 2.05) is 0 Å². The molecule has 3 unspecified atom stereocenters. The van der Waals surface area contributed by atoms with Crippen molar-refractivity contribution in [2.24, 2.45) is 5.92 Å². The number of hydrogen-bond donors (Lipinski definition) is 1. The van der Waals surface area contributed by atoms with Gasteiger partial charge in [-0.2, -0.15) is 0 Å². The average Bonchev–Trinajstić information content (AvgIpc) is 2.31. The standard InChI is InChI=1S/C14H19N/c1-2-5-11(6-3-1)14-10-15-13-8-4-7-12(14)9-13/h1-3,5-6,12-15H,4,7-10H2. The Labute approximate surface area is 91.9 Å². The van der Waals surface area contributed by atoms with Gasteiger partial charge in [-0.3, -0.25) is 0 Å². The largest absolute Gasteiger partial charge is 0.313 e. The third-order valence-corrected chi connectivity index (χ3v) is 4.14. The van der Waals surface area contributed by atoms with Crippen molar-refractivity contribution in [3.63, 3.8) is 0 Å². The number of hydrogen-bond acceptors (Lipinski definition) is 1. The second-order valence-corrected chi connectivity index (χ2v) is 5.05. The van der Waals surface area contributed by atoms with Gasteiger partial charge in [-0.15, -0.1) is 0 Å². The Morgan fingerprint density at radius 3 is 2.80 bits per heavy atom. The minimum Gasteiger partial charge on any atom is -0.313 e. The van der Waals surface area contributed by atoms with Gasteiger partial charge < -0.3 is 5.32 Å². The lowest BCUT2D eigenvalue weighted by Gasteiger charge is -2.41. The van der Waals surface area contributed by atoms with Crippen LogP contribution >= 0.6 is 0 Å². The normalized spacial score (nSPS) is 35.1. The van der Waals surface area contributed by atoms with Crippen molar-refractivity contribution in [1.29, 1.82) is 0 Å². The molecule has 1 aromatic rings. The predicted octanol–water partition coefficient (Wildman–Crippen LogP) is 2.93. The monoisotopic (exact) mass is 201 g/mol. The predicted molar refractivity (Wildman–Crippen MR) is 62.9 cm³/mol. The van der Waals surface area contributed by atoms with Crippen molar-refractivity contribution < 1.29 is 0 Å². The molecule has 1 N–H and O–H groups in total. The van der Waals surface area contributed by atoms with Crippen LogP contribution in [0.1, 0.15) is 37.2 Å². The van der Waals surface area contributed by atoms with Crippen LogP contribution < -0.4 is 5.32 Å². The lowest BCUT2D eigenvalue weighted by Crippen LogP contribution is -2.45. The maximum Gasteiger partial charge on any atom is 0.00701 e. The van der Waals surface area contributed by atoms with Gasteiger partial charge in [-0.25, -0.2) is 0 Å². The van der Waals surface area contributed by atoms with Crippen LogP contribution in [-0.2, 0) is 0 Å². The van der Waals surface area contributed by atoms with Crippen LogP contribution in [0.5, 0.6) is 0 Å². The Kier molecular flexibility index (Phi) is 2.49. The highest BCUT2D eigenvalue weighted by molar-refractivity contribution is 5.22. The molecule has 0 aromatic heterocycles. The first kappa shape index (κ1) is 9.41. The SMILES string of the molecule is c1ccc(C2CNC3CCCC2C3)cc1. The molecule has 3 rings (SSSR count). The summed E-state index contributed by atoms with van der Waals surface area (Å²) in [7, 11) is 0. The molecule has 1 heteroatoms. The molecule has 1 aromatic carbocycles. The van der Waals surface area contributed by atoms with Gasteiger partial charge in [0.05, 0.1) is 0 Å². The van der Waals surface area contributed by atoms with Crippen molar-refractivity contribution >= 4 is 0 Å². The van der Waals surface area contributed by atoms with E-state index in [1.165, 1.54) is 37.8 Å². The molecule has 1 aliphatic carbocycles. The van der Waals surface area contributed by atoms with E-state index in [2.05, 4.69) is 35.6 Å². The molecule has 1 saturated carbocycles. The number of piperidine rings is 1. The van der Waals surface area contributed by atoms with Crippen molar-refractivity contribution in [2.75, 3.05) is 6.54 Å². The van der Waals surface area contributed by atoms with Gasteiger partial charge in [0.15, 0.2) is 0 Å². The second-order valence-electron chi connectivity index (χ2n) is 5.05. The fourth-order valence-corrected chi connectivity index (χ4v) is 3.33. The summed E-state index contributed by atoms with van der Waals surface area (Å²) in [5.74, 6) is 1.70. The molecule has 2 bridgehead atoms. The zero-order valence-corrected chi connectivity index (χ0v) is 9.15. The summed E-state index contributed by atoms with van der Waals surface area (Å²) in [5.41, 5.74) is 1.54. The van der Waals surface area contributed by atoms with E-state index in [0.29, 0.717) is 0 Å². The van der Waals surface area contributed by atoms with Gasteiger partial charge in [-0.1, -0.05) is 36.8 Å². The number of fused-ring (bicyclic) bond motifs is 2. The molecule has 2 fully saturated rings. The molecule has 1 aliphatic heterocycles. The molecular formula is C14H19N. The van der Waals surface area contributed by atoms with E-state index >= 15 is 0 Å². The number of rotatable bonds is 1. The summed E-state index contributed by atoms with van der Waals surface area (Å²) >= 11 is 0. The Morgan fingerprint density at radius 1 is 1.07 bits per heavy atom. The number of benzene rings is 1. The van der Waals surface area contributed by atoms with E-state index in [-0.39, 0.29) is 0 Å². The molecule has 1 nitrogen and oxygen atoms in total. The van der Waals surface area contributed by atoms with Crippen LogP contribution in [0.25, 0.3) is 0 Å². The first-order valence-electron chi connectivity index (χ1n) is 6.22. The molecule has 0 spiro atoms. The Bertz CT molecular complexity index is 319. The van der Waals surface area contributed by atoms with Crippen LogP contribution in [-0.4, -0.2) is 12.6 Å². The smallest absolute Gasteiger partial charge is 0.00701 e. The van der Waals surface area contributed by atoms with Crippen LogP contribution in [0.3, 0.4) is 0 Å². The summed E-state index contributed by atoms with van der Waals surface area (Å²) in [6, 6.07) is 11.9. The summed E-state index contributed by atoms with van der Waals surface area (Å²) in [6.07, 6.45) is 5.67. The lowest BCUT2D eigenvalue weighted by molar-refractivity contribution is 0.196.